The van der Waals surface area contributed by atoms with E-state index in [9.17, 15) is 14.7 Å². The van der Waals surface area contributed by atoms with Gasteiger partial charge in [0.15, 0.2) is 0 Å². The third-order valence-corrected chi connectivity index (χ3v) is 4.38. The number of rotatable bonds is 3. The van der Waals surface area contributed by atoms with Crippen molar-refractivity contribution in [3.63, 3.8) is 0 Å². The Kier molecular flexibility index (Phi) is 4.33. The summed E-state index contributed by atoms with van der Waals surface area (Å²) in [5, 5.41) is 14.0. The highest BCUT2D eigenvalue weighted by Gasteiger charge is 2.52. The Morgan fingerprint density at radius 1 is 1.17 bits per heavy atom. The molecule has 3 rings (SSSR count). The minimum Gasteiger partial charge on any atom is -0.392 e. The fraction of sp³-hybridized carbons (Fsp3) is 0.222. The summed E-state index contributed by atoms with van der Waals surface area (Å²) >= 11 is 0. The summed E-state index contributed by atoms with van der Waals surface area (Å²) in [4.78, 5) is 25.4. The molecule has 2 N–H and O–H groups in total. The molecule has 0 aromatic heterocycles. The lowest BCUT2D eigenvalue weighted by Crippen LogP contribution is -2.61. The Morgan fingerprint density at radius 2 is 1.83 bits per heavy atom. The smallest absolute Gasteiger partial charge is 0.392 e. The first-order valence-corrected chi connectivity index (χ1v) is 7.80. The molecule has 3 amide bonds. The first-order valence-electron chi connectivity index (χ1n) is 7.80. The summed E-state index contributed by atoms with van der Waals surface area (Å²) in [6.45, 7) is 0.297. The van der Waals surface area contributed by atoms with Crippen molar-refractivity contribution in [2.75, 3.05) is 23.9 Å². The van der Waals surface area contributed by atoms with Gasteiger partial charge < -0.3 is 5.11 Å². The van der Waals surface area contributed by atoms with Crippen LogP contribution in [0.15, 0.2) is 54.6 Å². The molecule has 6 nitrogen and oxygen atoms in total. The van der Waals surface area contributed by atoms with Crippen LogP contribution in [0.1, 0.15) is 12.0 Å². The highest BCUT2D eigenvalue weighted by atomic mass is 16.3. The molecule has 1 aliphatic heterocycles. The van der Waals surface area contributed by atoms with Crippen molar-refractivity contribution in [2.24, 2.45) is 0 Å². The zero-order valence-electron chi connectivity index (χ0n) is 13.5. The summed E-state index contributed by atoms with van der Waals surface area (Å²) in [5.74, 6) is -0.169. The predicted octanol–water partition coefficient (Wildman–Crippen LogP) is 2.51. The van der Waals surface area contributed by atoms with E-state index in [1.54, 1.807) is 36.3 Å². The molecule has 1 aliphatic rings. The van der Waals surface area contributed by atoms with Gasteiger partial charge in [0.2, 0.25) is 0 Å². The molecule has 0 bridgehead atoms. The number of imide groups is 1. The number of nitrogens with zero attached hydrogens (tertiary/aromatic N) is 2. The second kappa shape index (κ2) is 6.43. The number of para-hydroxylation sites is 2. The minimum atomic E-state index is -0.468. The Balaban J connectivity index is 1.92. The van der Waals surface area contributed by atoms with Crippen LogP contribution < -0.4 is 10.3 Å². The number of hydrogen-bond donors (Lipinski definition) is 2. The lowest BCUT2D eigenvalue weighted by molar-refractivity contribution is -0.750. The highest BCUT2D eigenvalue weighted by Crippen LogP contribution is 2.29. The normalized spacial score (nSPS) is 20.2. The molecule has 1 fully saturated rings. The Hall–Kier alpha value is -2.70. The second-order valence-corrected chi connectivity index (χ2v) is 5.81. The van der Waals surface area contributed by atoms with Gasteiger partial charge in [-0.1, -0.05) is 41.0 Å². The first-order chi connectivity index (χ1) is 11.6. The maximum Gasteiger partial charge on any atom is 0.453 e. The molecule has 1 heterocycles. The first kappa shape index (κ1) is 16.2. The van der Waals surface area contributed by atoms with Gasteiger partial charge in [0.05, 0.1) is 30.9 Å². The van der Waals surface area contributed by atoms with Gasteiger partial charge >= 0.3 is 11.9 Å². The molecule has 0 aliphatic carbocycles. The number of carbonyl (C=O) groups excluding carboxylic acids is 2. The minimum absolute atomic E-state index is 0.169. The summed E-state index contributed by atoms with van der Waals surface area (Å²) in [6.07, 6.45) is 0.306. The largest absolute Gasteiger partial charge is 0.453 e. The lowest BCUT2D eigenvalue weighted by atomic mass is 10.2. The SMILES string of the molecule is C[N+]1(C(=O)Nc2ccccc2CO)C(=O)CCN1c1ccccc1. The molecule has 2 aromatic carbocycles. The lowest BCUT2D eigenvalue weighted by Gasteiger charge is -2.33. The number of amides is 3. The molecular weight excluding hydrogens is 306 g/mol. The van der Waals surface area contributed by atoms with Crippen molar-refractivity contribution in [1.82, 2.24) is 0 Å². The number of nitrogens with one attached hydrogen (secondary N) is 1. The van der Waals surface area contributed by atoms with E-state index in [4.69, 9.17) is 0 Å². The number of urea groups is 1. The maximum absolute atomic E-state index is 12.9. The van der Waals surface area contributed by atoms with Gasteiger partial charge in [-0.25, -0.2) is 14.6 Å². The van der Waals surface area contributed by atoms with Crippen molar-refractivity contribution in [2.45, 2.75) is 13.0 Å². The molecule has 0 spiro atoms. The predicted molar refractivity (Wildman–Crippen MR) is 91.0 cm³/mol. The van der Waals surface area contributed by atoms with Gasteiger partial charge in [-0.3, -0.25) is 5.32 Å². The Labute approximate surface area is 140 Å². The van der Waals surface area contributed by atoms with E-state index >= 15 is 0 Å². The van der Waals surface area contributed by atoms with Gasteiger partial charge in [-0.05, 0) is 18.2 Å². The van der Waals surface area contributed by atoms with E-state index in [1.165, 1.54) is 0 Å². The molecule has 0 saturated carbocycles. The molecule has 1 unspecified atom stereocenters. The van der Waals surface area contributed by atoms with Gasteiger partial charge in [0.1, 0.15) is 7.05 Å². The van der Waals surface area contributed by atoms with Gasteiger partial charge in [0, 0.05) is 5.56 Å². The van der Waals surface area contributed by atoms with Crippen molar-refractivity contribution in [1.29, 1.82) is 0 Å². The van der Waals surface area contributed by atoms with Crippen molar-refractivity contribution < 1.29 is 19.3 Å². The van der Waals surface area contributed by atoms with Crippen LogP contribution in [-0.4, -0.2) is 35.2 Å². The number of hydrogen-bond acceptors (Lipinski definition) is 4. The molecule has 124 valence electrons. The van der Waals surface area contributed by atoms with Crippen LogP contribution in [0.5, 0.6) is 0 Å². The Bertz CT molecular complexity index is 763. The quantitative estimate of drug-likeness (QED) is 0.850. The van der Waals surface area contributed by atoms with Crippen LogP contribution in [0.3, 0.4) is 0 Å². The standard InChI is InChI=1S/C18H19N3O3/c1-21(18(24)19-16-10-6-5-7-14(16)13-22)17(23)11-12-20(21)15-8-3-2-4-9-15/h2-10,22H,11-13H2,1H3/p+1. The van der Waals surface area contributed by atoms with E-state index in [-0.39, 0.29) is 12.5 Å². The number of anilines is 2. The fourth-order valence-electron chi connectivity index (χ4n) is 2.94. The van der Waals surface area contributed by atoms with E-state index < -0.39 is 10.6 Å². The summed E-state index contributed by atoms with van der Waals surface area (Å²) in [7, 11) is 1.60. The van der Waals surface area contributed by atoms with Crippen molar-refractivity contribution >= 4 is 23.3 Å². The number of aliphatic hydroxyl groups excluding tert-OH is 1. The van der Waals surface area contributed by atoms with Gasteiger partial charge in [0.25, 0.3) is 0 Å². The van der Waals surface area contributed by atoms with E-state index in [0.29, 0.717) is 24.2 Å². The van der Waals surface area contributed by atoms with Gasteiger partial charge in [-0.2, -0.15) is 0 Å². The van der Waals surface area contributed by atoms with Crippen LogP contribution >= 0.6 is 0 Å². The van der Waals surface area contributed by atoms with Gasteiger partial charge in [-0.15, -0.1) is 0 Å². The topological polar surface area (TPSA) is 69.6 Å². The average molecular weight is 326 g/mol. The van der Waals surface area contributed by atoms with Crippen LogP contribution in [0.2, 0.25) is 0 Å². The molecule has 2 aromatic rings. The third-order valence-electron chi connectivity index (χ3n) is 4.38. The van der Waals surface area contributed by atoms with E-state index in [1.807, 2.05) is 30.3 Å². The fourth-order valence-corrected chi connectivity index (χ4v) is 2.94. The maximum atomic E-state index is 12.9. The average Bonchev–Trinajstić information content (AvgIpc) is 2.92. The van der Waals surface area contributed by atoms with Crippen molar-refractivity contribution in [3.8, 4) is 0 Å². The molecule has 1 atom stereocenters. The number of carbonyl (C=O) groups is 2. The summed E-state index contributed by atoms with van der Waals surface area (Å²) in [5.41, 5.74) is 1.93. The van der Waals surface area contributed by atoms with E-state index in [2.05, 4.69) is 5.32 Å². The zero-order valence-corrected chi connectivity index (χ0v) is 13.5. The van der Waals surface area contributed by atoms with Crippen LogP contribution in [0.4, 0.5) is 16.2 Å². The third kappa shape index (κ3) is 2.66. The van der Waals surface area contributed by atoms with Crippen LogP contribution in [0, 0.1) is 0 Å². The highest BCUT2D eigenvalue weighted by molar-refractivity contribution is 5.94. The molecule has 0 radical (unpaired) electrons. The second-order valence-electron chi connectivity index (χ2n) is 5.81. The zero-order chi connectivity index (χ0) is 17.2. The van der Waals surface area contributed by atoms with Crippen molar-refractivity contribution in [3.05, 3.63) is 60.2 Å². The number of aliphatic hydroxyl groups is 1. The van der Waals surface area contributed by atoms with E-state index in [0.717, 1.165) is 5.69 Å². The van der Waals surface area contributed by atoms with Crippen LogP contribution in [0.25, 0.3) is 0 Å². The summed E-state index contributed by atoms with van der Waals surface area (Å²) < 4.78 is -0.468. The monoisotopic (exact) mass is 326 g/mol. The number of quaternary nitrogens is 1. The number of benzene rings is 2. The summed E-state index contributed by atoms with van der Waals surface area (Å²) in [6, 6.07) is 16.0. The molecular formula is C18H20N3O3+. The molecule has 1 saturated heterocycles. The molecule has 24 heavy (non-hydrogen) atoms. The van der Waals surface area contributed by atoms with Crippen LogP contribution in [-0.2, 0) is 11.4 Å². The molecule has 6 heteroatoms. The Morgan fingerprint density at radius 3 is 2.54 bits per heavy atom.